The first-order chi connectivity index (χ1) is 8.43. The Morgan fingerprint density at radius 3 is 2.29 bits per heavy atom. The van der Waals surface area contributed by atoms with E-state index < -0.39 is 0 Å². The van der Waals surface area contributed by atoms with Crippen LogP contribution in [0.15, 0.2) is 24.4 Å². The summed E-state index contributed by atoms with van der Waals surface area (Å²) in [6, 6.07) is 5.93. The number of hydrogen-bond acceptors (Lipinski definition) is 5. The van der Waals surface area contributed by atoms with Crippen LogP contribution >= 0.6 is 0 Å². The molecule has 0 aromatic carbocycles. The highest BCUT2D eigenvalue weighted by atomic mass is 16.3. The fraction of sp³-hybridized carbons (Fsp3) is 0.583. The van der Waals surface area contributed by atoms with Gasteiger partial charge in [-0.05, 0) is 12.1 Å². The average Bonchev–Trinajstić information content (AvgIpc) is 2.38. The Hall–Kier alpha value is -1.01. The van der Waals surface area contributed by atoms with E-state index >= 15 is 0 Å². The Balaban J connectivity index is 1.85. The Kier molecular flexibility index (Phi) is 8.40. The van der Waals surface area contributed by atoms with Gasteiger partial charge in [-0.1, -0.05) is 6.07 Å². The molecule has 0 saturated heterocycles. The van der Waals surface area contributed by atoms with Gasteiger partial charge in [0.2, 0.25) is 0 Å². The summed E-state index contributed by atoms with van der Waals surface area (Å²) < 4.78 is 0. The molecule has 0 aliphatic rings. The molecule has 0 unspecified atom stereocenters. The molecule has 0 aliphatic heterocycles. The summed E-state index contributed by atoms with van der Waals surface area (Å²) in [5, 5.41) is 18.3. The van der Waals surface area contributed by atoms with Crippen molar-refractivity contribution in [3.05, 3.63) is 30.1 Å². The van der Waals surface area contributed by atoms with Crippen LogP contribution in [0, 0.1) is 0 Å². The zero-order valence-electron chi connectivity index (χ0n) is 10.2. The van der Waals surface area contributed by atoms with Crippen LogP contribution in [-0.4, -0.2) is 49.4 Å². The summed E-state index contributed by atoms with van der Waals surface area (Å²) in [6.07, 6.45) is 1.81. The quantitative estimate of drug-likeness (QED) is 0.408. The van der Waals surface area contributed by atoms with Gasteiger partial charge in [-0.15, -0.1) is 0 Å². The fourth-order valence-electron chi connectivity index (χ4n) is 1.40. The van der Waals surface area contributed by atoms with E-state index in [4.69, 9.17) is 5.11 Å². The molecular formula is C12H22N4O. The molecule has 0 fully saturated rings. The Bertz CT molecular complexity index is 268. The standard InChI is InChI=1S/C12H22N4O/c17-10-9-14-6-5-13-7-8-15-11-12-3-1-2-4-16-12/h1-4,13-15,17H,5-11H2. The van der Waals surface area contributed by atoms with E-state index in [0.29, 0.717) is 6.54 Å². The number of nitrogens with one attached hydrogen (secondary N) is 3. The largest absolute Gasteiger partial charge is 0.395 e. The van der Waals surface area contributed by atoms with Crippen LogP contribution in [0.25, 0.3) is 0 Å². The van der Waals surface area contributed by atoms with Gasteiger partial charge >= 0.3 is 0 Å². The van der Waals surface area contributed by atoms with Crippen molar-refractivity contribution >= 4 is 0 Å². The molecule has 0 radical (unpaired) electrons. The summed E-state index contributed by atoms with van der Waals surface area (Å²) >= 11 is 0. The van der Waals surface area contributed by atoms with Crippen molar-refractivity contribution in [1.82, 2.24) is 20.9 Å². The molecular weight excluding hydrogens is 216 g/mol. The number of aliphatic hydroxyl groups is 1. The van der Waals surface area contributed by atoms with Crippen LogP contribution < -0.4 is 16.0 Å². The lowest BCUT2D eigenvalue weighted by molar-refractivity contribution is 0.292. The summed E-state index contributed by atoms with van der Waals surface area (Å²) in [4.78, 5) is 4.23. The minimum atomic E-state index is 0.200. The first-order valence-electron chi connectivity index (χ1n) is 6.06. The molecule has 5 heteroatoms. The predicted octanol–water partition coefficient (Wildman–Crippen LogP) is -0.657. The lowest BCUT2D eigenvalue weighted by Gasteiger charge is -2.06. The lowest BCUT2D eigenvalue weighted by atomic mass is 10.3. The lowest BCUT2D eigenvalue weighted by Crippen LogP contribution is -2.33. The summed E-state index contributed by atoms with van der Waals surface area (Å²) in [7, 11) is 0. The first-order valence-corrected chi connectivity index (χ1v) is 6.06. The highest BCUT2D eigenvalue weighted by Gasteiger charge is 1.92. The van der Waals surface area contributed by atoms with Gasteiger partial charge < -0.3 is 21.1 Å². The Morgan fingerprint density at radius 1 is 0.941 bits per heavy atom. The highest BCUT2D eigenvalue weighted by molar-refractivity contribution is 5.02. The normalized spacial score (nSPS) is 10.6. The van der Waals surface area contributed by atoms with Gasteiger partial charge in [0.25, 0.3) is 0 Å². The molecule has 5 nitrogen and oxygen atoms in total. The van der Waals surface area contributed by atoms with E-state index in [1.54, 1.807) is 0 Å². The van der Waals surface area contributed by atoms with Gasteiger partial charge in [0.15, 0.2) is 0 Å². The van der Waals surface area contributed by atoms with Crippen molar-refractivity contribution in [3.8, 4) is 0 Å². The second-order valence-corrected chi connectivity index (χ2v) is 3.72. The van der Waals surface area contributed by atoms with Crippen molar-refractivity contribution in [2.24, 2.45) is 0 Å². The van der Waals surface area contributed by atoms with Gasteiger partial charge in [0.05, 0.1) is 12.3 Å². The zero-order valence-corrected chi connectivity index (χ0v) is 10.2. The number of hydrogen-bond donors (Lipinski definition) is 4. The van der Waals surface area contributed by atoms with Crippen LogP contribution in [-0.2, 0) is 6.54 Å². The van der Waals surface area contributed by atoms with E-state index in [-0.39, 0.29) is 6.61 Å². The minimum absolute atomic E-state index is 0.200. The van der Waals surface area contributed by atoms with Crippen molar-refractivity contribution in [2.45, 2.75) is 6.54 Å². The SMILES string of the molecule is OCCNCCNCCNCc1ccccn1. The first kappa shape index (κ1) is 14.1. The summed E-state index contributed by atoms with van der Waals surface area (Å²) in [6.45, 7) is 5.35. The molecule has 1 heterocycles. The van der Waals surface area contributed by atoms with E-state index in [0.717, 1.165) is 38.4 Å². The van der Waals surface area contributed by atoms with Crippen molar-refractivity contribution < 1.29 is 5.11 Å². The zero-order chi connectivity index (χ0) is 12.2. The monoisotopic (exact) mass is 238 g/mol. The van der Waals surface area contributed by atoms with Crippen molar-refractivity contribution in [1.29, 1.82) is 0 Å². The molecule has 1 rings (SSSR count). The van der Waals surface area contributed by atoms with Gasteiger partial charge in [-0.2, -0.15) is 0 Å². The molecule has 4 N–H and O–H groups in total. The smallest absolute Gasteiger partial charge is 0.0555 e. The highest BCUT2D eigenvalue weighted by Crippen LogP contribution is 1.90. The van der Waals surface area contributed by atoms with Crippen LogP contribution in [0.5, 0.6) is 0 Å². The van der Waals surface area contributed by atoms with Crippen LogP contribution in [0.1, 0.15) is 5.69 Å². The number of nitrogens with zero attached hydrogens (tertiary/aromatic N) is 1. The molecule has 0 aliphatic carbocycles. The van der Waals surface area contributed by atoms with Crippen LogP contribution in [0.4, 0.5) is 0 Å². The molecule has 0 spiro atoms. The summed E-state index contributed by atoms with van der Waals surface area (Å²) in [5.74, 6) is 0. The molecule has 0 saturated carbocycles. The van der Waals surface area contributed by atoms with Crippen LogP contribution in [0.2, 0.25) is 0 Å². The second kappa shape index (κ2) is 10.2. The number of rotatable bonds is 10. The maximum atomic E-state index is 8.55. The molecule has 0 amide bonds. The molecule has 0 bridgehead atoms. The molecule has 96 valence electrons. The van der Waals surface area contributed by atoms with Gasteiger partial charge in [0, 0.05) is 45.5 Å². The fourth-order valence-corrected chi connectivity index (χ4v) is 1.40. The topological polar surface area (TPSA) is 69.2 Å². The third-order valence-corrected chi connectivity index (χ3v) is 2.28. The molecule has 1 aromatic heterocycles. The number of aromatic nitrogens is 1. The van der Waals surface area contributed by atoms with Crippen molar-refractivity contribution in [3.63, 3.8) is 0 Å². The maximum absolute atomic E-state index is 8.55. The second-order valence-electron chi connectivity index (χ2n) is 3.72. The molecule has 1 aromatic rings. The van der Waals surface area contributed by atoms with Crippen molar-refractivity contribution in [2.75, 3.05) is 39.3 Å². The van der Waals surface area contributed by atoms with Gasteiger partial charge in [-0.25, -0.2) is 0 Å². The molecule has 0 atom stereocenters. The predicted molar refractivity (Wildman–Crippen MR) is 68.8 cm³/mol. The van der Waals surface area contributed by atoms with Gasteiger partial charge in [-0.3, -0.25) is 4.98 Å². The average molecular weight is 238 g/mol. The number of aliphatic hydroxyl groups excluding tert-OH is 1. The maximum Gasteiger partial charge on any atom is 0.0555 e. The van der Waals surface area contributed by atoms with Gasteiger partial charge in [0.1, 0.15) is 0 Å². The van der Waals surface area contributed by atoms with E-state index in [2.05, 4.69) is 20.9 Å². The Morgan fingerprint density at radius 2 is 1.65 bits per heavy atom. The van der Waals surface area contributed by atoms with Crippen LogP contribution in [0.3, 0.4) is 0 Å². The van der Waals surface area contributed by atoms with E-state index in [1.807, 2.05) is 24.4 Å². The number of pyridine rings is 1. The minimum Gasteiger partial charge on any atom is -0.395 e. The third-order valence-electron chi connectivity index (χ3n) is 2.28. The van der Waals surface area contributed by atoms with E-state index in [9.17, 15) is 0 Å². The van der Waals surface area contributed by atoms with E-state index in [1.165, 1.54) is 0 Å². The molecule has 17 heavy (non-hydrogen) atoms. The summed E-state index contributed by atoms with van der Waals surface area (Å²) in [5.41, 5.74) is 1.07. The Labute approximate surface area is 103 Å². The third kappa shape index (κ3) is 7.82.